The van der Waals surface area contributed by atoms with E-state index in [1.54, 1.807) is 29.4 Å². The summed E-state index contributed by atoms with van der Waals surface area (Å²) >= 11 is 0. The number of rotatable bonds is 4. The van der Waals surface area contributed by atoms with E-state index >= 15 is 0 Å². The molecule has 4 rings (SSSR count). The number of H-pyrrole nitrogens is 1. The molecule has 2 atom stereocenters. The Morgan fingerprint density at radius 2 is 1.97 bits per heavy atom. The van der Waals surface area contributed by atoms with Crippen molar-refractivity contribution in [2.75, 3.05) is 6.54 Å². The summed E-state index contributed by atoms with van der Waals surface area (Å²) in [6.07, 6.45) is 3.78. The molecule has 1 aromatic carbocycles. The van der Waals surface area contributed by atoms with Crippen LogP contribution in [0.3, 0.4) is 0 Å². The van der Waals surface area contributed by atoms with E-state index in [0.29, 0.717) is 35.7 Å². The zero-order chi connectivity index (χ0) is 20.4. The van der Waals surface area contributed by atoms with E-state index in [9.17, 15) is 9.59 Å². The number of hydrogen-bond acceptors (Lipinski definition) is 5. The lowest BCUT2D eigenvalue weighted by Gasteiger charge is -2.23. The molecule has 8 heteroatoms. The first kappa shape index (κ1) is 18.8. The van der Waals surface area contributed by atoms with Gasteiger partial charge in [0.1, 0.15) is 5.82 Å². The fourth-order valence-electron chi connectivity index (χ4n) is 3.62. The molecule has 0 spiro atoms. The van der Waals surface area contributed by atoms with Gasteiger partial charge >= 0.3 is 0 Å². The number of aromatic amines is 1. The molecule has 2 amide bonds. The molecule has 29 heavy (non-hydrogen) atoms. The lowest BCUT2D eigenvalue weighted by Crippen LogP contribution is -2.38. The maximum atomic E-state index is 13.3. The van der Waals surface area contributed by atoms with E-state index in [2.05, 4.69) is 25.5 Å². The number of benzene rings is 1. The fraction of sp³-hybridized carbons (Fsp3) is 0.286. The molecule has 0 radical (unpaired) electrons. The highest BCUT2D eigenvalue weighted by atomic mass is 16.2. The van der Waals surface area contributed by atoms with Crippen LogP contribution in [-0.2, 0) is 0 Å². The van der Waals surface area contributed by atoms with Crippen molar-refractivity contribution in [3.05, 3.63) is 77.1 Å². The Balaban J connectivity index is 1.59. The summed E-state index contributed by atoms with van der Waals surface area (Å²) in [6.45, 7) is 4.08. The first-order chi connectivity index (χ1) is 14.0. The van der Waals surface area contributed by atoms with Crippen LogP contribution in [-0.4, -0.2) is 49.5 Å². The first-order valence-electron chi connectivity index (χ1n) is 9.49. The van der Waals surface area contributed by atoms with E-state index in [4.69, 9.17) is 0 Å². The van der Waals surface area contributed by atoms with Gasteiger partial charge in [0.05, 0.1) is 11.6 Å². The molecule has 3 heterocycles. The number of aromatic nitrogens is 4. The van der Waals surface area contributed by atoms with Gasteiger partial charge in [-0.15, -0.1) is 0 Å². The monoisotopic (exact) mass is 390 g/mol. The lowest BCUT2D eigenvalue weighted by molar-refractivity contribution is 0.0723. The van der Waals surface area contributed by atoms with Crippen LogP contribution in [0.15, 0.2) is 48.8 Å². The van der Waals surface area contributed by atoms with Crippen LogP contribution in [0.2, 0.25) is 0 Å². The molecule has 0 bridgehead atoms. The zero-order valence-electron chi connectivity index (χ0n) is 16.3. The van der Waals surface area contributed by atoms with Crippen molar-refractivity contribution in [3.8, 4) is 0 Å². The summed E-state index contributed by atoms with van der Waals surface area (Å²) in [5.74, 6) is 0.933. The van der Waals surface area contributed by atoms with Gasteiger partial charge in [-0.3, -0.25) is 19.7 Å². The van der Waals surface area contributed by atoms with E-state index in [-0.39, 0.29) is 23.9 Å². The fourth-order valence-corrected chi connectivity index (χ4v) is 3.62. The number of likely N-dealkylation sites (tertiary alicyclic amines) is 1. The van der Waals surface area contributed by atoms with Gasteiger partial charge in [0.25, 0.3) is 11.8 Å². The lowest BCUT2D eigenvalue weighted by atomic mass is 10.1. The van der Waals surface area contributed by atoms with Gasteiger partial charge in [0.2, 0.25) is 0 Å². The van der Waals surface area contributed by atoms with Crippen LogP contribution in [0.5, 0.6) is 0 Å². The van der Waals surface area contributed by atoms with E-state index in [1.165, 1.54) is 0 Å². The van der Waals surface area contributed by atoms with Gasteiger partial charge in [0, 0.05) is 30.5 Å². The number of carbonyl (C=O) groups excluding carboxylic acids is 2. The third kappa shape index (κ3) is 3.87. The Labute approximate surface area is 168 Å². The average Bonchev–Trinajstić information content (AvgIpc) is 3.34. The van der Waals surface area contributed by atoms with Gasteiger partial charge in [-0.25, -0.2) is 4.98 Å². The molecule has 1 saturated heterocycles. The highest BCUT2D eigenvalue weighted by Gasteiger charge is 2.39. The minimum absolute atomic E-state index is 0.139. The van der Waals surface area contributed by atoms with Crippen molar-refractivity contribution in [3.63, 3.8) is 0 Å². The molecular formula is C21H22N6O2. The number of hydrogen-bond donors (Lipinski definition) is 2. The maximum absolute atomic E-state index is 13.3. The van der Waals surface area contributed by atoms with Crippen molar-refractivity contribution in [1.29, 1.82) is 0 Å². The van der Waals surface area contributed by atoms with Crippen molar-refractivity contribution in [1.82, 2.24) is 30.4 Å². The zero-order valence-corrected chi connectivity index (χ0v) is 16.3. The van der Waals surface area contributed by atoms with Crippen molar-refractivity contribution >= 4 is 11.8 Å². The molecule has 0 saturated carbocycles. The van der Waals surface area contributed by atoms with Gasteiger partial charge < -0.3 is 10.2 Å². The third-order valence-electron chi connectivity index (χ3n) is 5.12. The van der Waals surface area contributed by atoms with Crippen LogP contribution in [0, 0.1) is 13.8 Å². The molecule has 0 aliphatic carbocycles. The number of amides is 2. The molecule has 2 N–H and O–H groups in total. The molecule has 1 aliphatic heterocycles. The molecule has 8 nitrogen and oxygen atoms in total. The predicted octanol–water partition coefficient (Wildman–Crippen LogP) is 2.20. The summed E-state index contributed by atoms with van der Waals surface area (Å²) in [7, 11) is 0. The largest absolute Gasteiger partial charge is 0.347 e. The van der Waals surface area contributed by atoms with E-state index in [1.807, 2.05) is 38.1 Å². The second-order valence-electron chi connectivity index (χ2n) is 7.22. The number of aryl methyl sites for hydroxylation is 2. The van der Waals surface area contributed by atoms with E-state index < -0.39 is 0 Å². The van der Waals surface area contributed by atoms with Gasteiger partial charge in [-0.05, 0) is 44.0 Å². The minimum Gasteiger partial charge on any atom is -0.347 e. The van der Waals surface area contributed by atoms with E-state index in [0.717, 1.165) is 5.56 Å². The van der Waals surface area contributed by atoms with Crippen LogP contribution in [0.25, 0.3) is 0 Å². The third-order valence-corrected chi connectivity index (χ3v) is 5.12. The Morgan fingerprint density at radius 3 is 2.66 bits per heavy atom. The summed E-state index contributed by atoms with van der Waals surface area (Å²) in [6, 6.07) is 10.3. The summed E-state index contributed by atoms with van der Waals surface area (Å²) in [5.41, 5.74) is 1.98. The van der Waals surface area contributed by atoms with Gasteiger partial charge in [0.15, 0.2) is 5.82 Å². The molecule has 1 fully saturated rings. The standard InChI is InChI=1S/C21H22N6O2/c1-13-8-9-22-11-17(13)21(29)27-12-16(10-18(27)19-23-14(2)25-26-19)24-20(28)15-6-4-3-5-7-15/h3-9,11,16,18H,10,12H2,1-2H3,(H,24,28)(H,23,25,26)/t16-,18-/m0/s1. The number of pyridine rings is 1. The number of carbonyl (C=O) groups is 2. The second-order valence-corrected chi connectivity index (χ2v) is 7.22. The van der Waals surface area contributed by atoms with Crippen molar-refractivity contribution in [2.45, 2.75) is 32.4 Å². The predicted molar refractivity (Wildman–Crippen MR) is 106 cm³/mol. The normalized spacial score (nSPS) is 18.6. The topological polar surface area (TPSA) is 104 Å². The molecular weight excluding hydrogens is 368 g/mol. The summed E-state index contributed by atoms with van der Waals surface area (Å²) < 4.78 is 0. The van der Waals surface area contributed by atoms with Gasteiger partial charge in [-0.2, -0.15) is 5.10 Å². The SMILES string of the molecule is Cc1nc([C@@H]2C[C@H](NC(=O)c3ccccc3)CN2C(=O)c2cnccc2C)n[nH]1. The van der Waals surface area contributed by atoms with Crippen molar-refractivity contribution in [2.24, 2.45) is 0 Å². The molecule has 0 unspecified atom stereocenters. The summed E-state index contributed by atoms with van der Waals surface area (Å²) in [4.78, 5) is 36.1. The number of nitrogens with zero attached hydrogens (tertiary/aromatic N) is 4. The Kier molecular flexibility index (Phi) is 5.07. The van der Waals surface area contributed by atoms with Crippen LogP contribution in [0.4, 0.5) is 0 Å². The van der Waals surface area contributed by atoms with Crippen LogP contribution < -0.4 is 5.32 Å². The Morgan fingerprint density at radius 1 is 1.17 bits per heavy atom. The number of nitrogens with one attached hydrogen (secondary N) is 2. The molecule has 1 aliphatic rings. The Hall–Kier alpha value is -3.55. The van der Waals surface area contributed by atoms with Crippen molar-refractivity contribution < 1.29 is 9.59 Å². The van der Waals surface area contributed by atoms with Crippen LogP contribution in [0.1, 0.15) is 50.4 Å². The smallest absolute Gasteiger partial charge is 0.256 e. The minimum atomic E-state index is -0.326. The summed E-state index contributed by atoms with van der Waals surface area (Å²) in [5, 5.41) is 10.1. The second kappa shape index (κ2) is 7.83. The van der Waals surface area contributed by atoms with Crippen LogP contribution >= 0.6 is 0 Å². The first-order valence-corrected chi connectivity index (χ1v) is 9.49. The van der Waals surface area contributed by atoms with Gasteiger partial charge in [-0.1, -0.05) is 18.2 Å². The average molecular weight is 390 g/mol. The Bertz CT molecular complexity index is 1030. The molecule has 2 aromatic heterocycles. The quantitative estimate of drug-likeness (QED) is 0.711. The molecule has 148 valence electrons. The highest BCUT2D eigenvalue weighted by Crippen LogP contribution is 2.32. The highest BCUT2D eigenvalue weighted by molar-refractivity contribution is 5.96. The molecule has 3 aromatic rings. The maximum Gasteiger partial charge on any atom is 0.256 e.